The molecule has 0 saturated carbocycles. The van der Waals surface area contributed by atoms with Gasteiger partial charge in [0, 0.05) is 19.2 Å². The van der Waals surface area contributed by atoms with Crippen LogP contribution in [0.25, 0.3) is 0 Å². The fourth-order valence-corrected chi connectivity index (χ4v) is 2.43. The molecule has 1 unspecified atom stereocenters. The molecule has 0 aliphatic carbocycles. The van der Waals surface area contributed by atoms with Gasteiger partial charge in [-0.15, -0.1) is 12.4 Å². The minimum Gasteiger partial charge on any atom is -0.393 e. The van der Waals surface area contributed by atoms with E-state index in [1.807, 2.05) is 6.92 Å². The van der Waals surface area contributed by atoms with Gasteiger partial charge in [-0.25, -0.2) is 0 Å². The van der Waals surface area contributed by atoms with Gasteiger partial charge in [-0.1, -0.05) is 13.0 Å². The van der Waals surface area contributed by atoms with Crippen LogP contribution in [0.2, 0.25) is 0 Å². The van der Waals surface area contributed by atoms with Crippen molar-refractivity contribution in [3.63, 3.8) is 0 Å². The summed E-state index contributed by atoms with van der Waals surface area (Å²) in [4.78, 5) is 24.4. The van der Waals surface area contributed by atoms with Crippen LogP contribution in [-0.4, -0.2) is 35.4 Å². The second-order valence-electron chi connectivity index (χ2n) is 5.49. The molecule has 1 amide bonds. The van der Waals surface area contributed by atoms with E-state index in [4.69, 9.17) is 11.5 Å². The number of carbonyl (C=O) groups is 1. The summed E-state index contributed by atoms with van der Waals surface area (Å²) in [6, 6.07) is 4.28. The highest BCUT2D eigenvalue weighted by Crippen LogP contribution is 2.32. The Morgan fingerprint density at radius 2 is 2.19 bits per heavy atom. The molecule has 1 aromatic rings. The maximum absolute atomic E-state index is 12.4. The topological polar surface area (TPSA) is 115 Å². The van der Waals surface area contributed by atoms with E-state index >= 15 is 0 Å². The molecule has 2 rings (SSSR count). The monoisotopic (exact) mass is 314 g/mol. The summed E-state index contributed by atoms with van der Waals surface area (Å²) in [5, 5.41) is 10.9. The number of nitro groups is 1. The van der Waals surface area contributed by atoms with E-state index in [0.29, 0.717) is 19.6 Å². The zero-order chi connectivity index (χ0) is 14.9. The van der Waals surface area contributed by atoms with Crippen molar-refractivity contribution in [2.24, 2.45) is 11.1 Å². The maximum atomic E-state index is 12.4. The van der Waals surface area contributed by atoms with Gasteiger partial charge in [0.2, 0.25) is 0 Å². The van der Waals surface area contributed by atoms with E-state index < -0.39 is 4.92 Å². The molecule has 1 saturated heterocycles. The molecule has 4 N–H and O–H groups in total. The van der Waals surface area contributed by atoms with Crippen LogP contribution < -0.4 is 11.5 Å². The third-order valence-electron chi connectivity index (χ3n) is 3.85. The normalized spacial score (nSPS) is 21.0. The lowest BCUT2D eigenvalue weighted by molar-refractivity contribution is -0.383. The first-order valence-corrected chi connectivity index (χ1v) is 6.40. The molecule has 0 radical (unpaired) electrons. The van der Waals surface area contributed by atoms with E-state index in [1.54, 1.807) is 4.90 Å². The second-order valence-corrected chi connectivity index (χ2v) is 5.49. The number of hydrogen-bond donors (Lipinski definition) is 2. The lowest BCUT2D eigenvalue weighted by Gasteiger charge is -2.22. The Kier molecular flexibility index (Phi) is 5.14. The predicted molar refractivity (Wildman–Crippen MR) is 82.4 cm³/mol. The summed E-state index contributed by atoms with van der Waals surface area (Å²) in [7, 11) is 0. The number of carbonyl (C=O) groups excluding carboxylic acids is 1. The summed E-state index contributed by atoms with van der Waals surface area (Å²) in [5.74, 6) is -0.275. The third-order valence-corrected chi connectivity index (χ3v) is 3.85. The van der Waals surface area contributed by atoms with E-state index in [0.717, 1.165) is 6.42 Å². The molecule has 1 aliphatic rings. The lowest BCUT2D eigenvalue weighted by Crippen LogP contribution is -2.34. The minimum absolute atomic E-state index is 0. The Balaban J connectivity index is 0.00000220. The van der Waals surface area contributed by atoms with Gasteiger partial charge in [0.1, 0.15) is 5.69 Å². The highest BCUT2D eigenvalue weighted by molar-refractivity contribution is 6.01. The van der Waals surface area contributed by atoms with Crippen molar-refractivity contribution in [1.29, 1.82) is 0 Å². The van der Waals surface area contributed by atoms with Gasteiger partial charge >= 0.3 is 0 Å². The molecule has 21 heavy (non-hydrogen) atoms. The Bertz CT molecular complexity index is 566. The first kappa shape index (κ1) is 17.2. The SMILES string of the molecule is CC1(CN)CCN(C(=O)c2cccc([N+](=O)[O-])c2N)C1.Cl. The quantitative estimate of drug-likeness (QED) is 0.497. The number of hydrogen-bond acceptors (Lipinski definition) is 5. The van der Waals surface area contributed by atoms with Gasteiger partial charge < -0.3 is 16.4 Å². The number of halogens is 1. The van der Waals surface area contributed by atoms with Gasteiger partial charge in [-0.2, -0.15) is 0 Å². The average Bonchev–Trinajstić information content (AvgIpc) is 2.81. The van der Waals surface area contributed by atoms with Crippen LogP contribution in [-0.2, 0) is 0 Å². The Labute approximate surface area is 128 Å². The summed E-state index contributed by atoms with van der Waals surface area (Å²) in [6.45, 7) is 3.66. The zero-order valence-electron chi connectivity index (χ0n) is 11.7. The van der Waals surface area contributed by atoms with Gasteiger partial charge in [0.25, 0.3) is 11.6 Å². The summed E-state index contributed by atoms with van der Waals surface area (Å²) >= 11 is 0. The first-order valence-electron chi connectivity index (χ1n) is 6.40. The Morgan fingerprint density at radius 3 is 2.71 bits per heavy atom. The smallest absolute Gasteiger partial charge is 0.292 e. The van der Waals surface area contributed by atoms with Gasteiger partial charge in [-0.05, 0) is 24.4 Å². The molecule has 0 aromatic heterocycles. The third kappa shape index (κ3) is 3.25. The molecular weight excluding hydrogens is 296 g/mol. The fraction of sp³-hybridized carbons (Fsp3) is 0.462. The van der Waals surface area contributed by atoms with Gasteiger partial charge in [0.15, 0.2) is 0 Å². The van der Waals surface area contributed by atoms with Crippen LogP contribution >= 0.6 is 12.4 Å². The minimum atomic E-state index is -0.583. The van der Waals surface area contributed by atoms with E-state index in [9.17, 15) is 14.9 Å². The predicted octanol–water partition coefficient (Wildman–Crippen LogP) is 1.41. The number of nitro benzene ring substituents is 1. The van der Waals surface area contributed by atoms with Crippen LogP contribution in [0.1, 0.15) is 23.7 Å². The summed E-state index contributed by atoms with van der Waals surface area (Å²) < 4.78 is 0. The fourth-order valence-electron chi connectivity index (χ4n) is 2.43. The summed E-state index contributed by atoms with van der Waals surface area (Å²) in [5.41, 5.74) is 11.2. The largest absolute Gasteiger partial charge is 0.393 e. The lowest BCUT2D eigenvalue weighted by atomic mass is 9.90. The van der Waals surface area contributed by atoms with Crippen molar-refractivity contribution in [3.8, 4) is 0 Å². The van der Waals surface area contributed by atoms with Crippen LogP contribution in [0, 0.1) is 15.5 Å². The average molecular weight is 315 g/mol. The number of anilines is 1. The molecule has 0 spiro atoms. The van der Waals surface area contributed by atoms with Gasteiger partial charge in [0.05, 0.1) is 10.5 Å². The van der Waals surface area contributed by atoms with E-state index in [-0.39, 0.29) is 40.7 Å². The summed E-state index contributed by atoms with van der Waals surface area (Å²) in [6.07, 6.45) is 0.823. The molecule has 7 nitrogen and oxygen atoms in total. The van der Waals surface area contributed by atoms with Crippen LogP contribution in [0.4, 0.5) is 11.4 Å². The Morgan fingerprint density at radius 1 is 1.52 bits per heavy atom. The van der Waals surface area contributed by atoms with Crippen molar-refractivity contribution in [3.05, 3.63) is 33.9 Å². The second kappa shape index (κ2) is 6.28. The number of para-hydroxylation sites is 1. The molecular formula is C13H19ClN4O3. The number of nitrogens with two attached hydrogens (primary N) is 2. The van der Waals surface area contributed by atoms with Crippen LogP contribution in [0.15, 0.2) is 18.2 Å². The van der Waals surface area contributed by atoms with Crippen molar-refractivity contribution in [2.75, 3.05) is 25.4 Å². The number of benzene rings is 1. The molecule has 1 fully saturated rings. The number of rotatable bonds is 3. The number of likely N-dealkylation sites (tertiary alicyclic amines) is 1. The molecule has 1 heterocycles. The Hall–Kier alpha value is -1.86. The number of nitrogen functional groups attached to an aromatic ring is 1. The zero-order valence-corrected chi connectivity index (χ0v) is 12.6. The molecule has 116 valence electrons. The molecule has 1 atom stereocenters. The number of amides is 1. The molecule has 1 aromatic carbocycles. The molecule has 8 heteroatoms. The van der Waals surface area contributed by atoms with Crippen molar-refractivity contribution in [1.82, 2.24) is 4.90 Å². The van der Waals surface area contributed by atoms with Crippen LogP contribution in [0.3, 0.4) is 0 Å². The van der Waals surface area contributed by atoms with Crippen molar-refractivity contribution in [2.45, 2.75) is 13.3 Å². The highest BCUT2D eigenvalue weighted by atomic mass is 35.5. The molecule has 1 aliphatic heterocycles. The standard InChI is InChI=1S/C13H18N4O3.ClH/c1-13(7-14)5-6-16(8-13)12(18)9-3-2-4-10(11(9)15)17(19)20;/h2-4H,5-8,14-15H2,1H3;1H. The van der Waals surface area contributed by atoms with E-state index in [1.165, 1.54) is 18.2 Å². The highest BCUT2D eigenvalue weighted by Gasteiger charge is 2.36. The maximum Gasteiger partial charge on any atom is 0.292 e. The molecule has 0 bridgehead atoms. The van der Waals surface area contributed by atoms with Gasteiger partial charge in [-0.3, -0.25) is 14.9 Å². The first-order chi connectivity index (χ1) is 9.38. The van der Waals surface area contributed by atoms with Crippen LogP contribution in [0.5, 0.6) is 0 Å². The van der Waals surface area contributed by atoms with Crippen molar-refractivity contribution < 1.29 is 9.72 Å². The van der Waals surface area contributed by atoms with Crippen molar-refractivity contribution >= 4 is 29.7 Å². The van der Waals surface area contributed by atoms with E-state index in [2.05, 4.69) is 0 Å². The number of nitrogens with zero attached hydrogens (tertiary/aromatic N) is 2.